The molecule has 0 spiro atoms. The summed E-state index contributed by atoms with van der Waals surface area (Å²) in [5.41, 5.74) is 3.50. The second-order valence-corrected chi connectivity index (χ2v) is 8.31. The number of carbonyl (C=O) groups excluding carboxylic acids is 1. The molecule has 0 radical (unpaired) electrons. The third kappa shape index (κ3) is 4.94. The molecule has 1 fully saturated rings. The number of methoxy groups -OCH3 is 1. The molecule has 156 valence electrons. The van der Waals surface area contributed by atoms with Gasteiger partial charge in [0.15, 0.2) is 0 Å². The molecular weight excluding hydrogens is 396 g/mol. The summed E-state index contributed by atoms with van der Waals surface area (Å²) in [7, 11) is 1.67. The number of halogens is 1. The number of nitrogens with zero attached hydrogens (tertiary/aromatic N) is 2. The number of hydrogen-bond donors (Lipinski definition) is 0. The Hall–Kier alpha value is -2.56. The fourth-order valence-corrected chi connectivity index (χ4v) is 4.23. The van der Waals surface area contributed by atoms with Crippen LogP contribution in [0, 0.1) is 5.92 Å². The van der Waals surface area contributed by atoms with E-state index in [9.17, 15) is 4.79 Å². The van der Waals surface area contributed by atoms with Crippen molar-refractivity contribution in [1.82, 2.24) is 9.47 Å². The molecule has 0 N–H and O–H groups in total. The molecule has 1 saturated carbocycles. The molecule has 1 heterocycles. The summed E-state index contributed by atoms with van der Waals surface area (Å²) in [6, 6.07) is 22.3. The Balaban J connectivity index is 1.46. The van der Waals surface area contributed by atoms with E-state index in [2.05, 4.69) is 35.0 Å². The smallest absolute Gasteiger partial charge is 0.226 e. The third-order valence-corrected chi connectivity index (χ3v) is 5.97. The molecule has 2 aromatic carbocycles. The van der Waals surface area contributed by atoms with Crippen LogP contribution < -0.4 is 0 Å². The Morgan fingerprint density at radius 1 is 1.13 bits per heavy atom. The Kier molecular flexibility index (Phi) is 6.56. The minimum atomic E-state index is 0.0700. The van der Waals surface area contributed by atoms with E-state index in [-0.39, 0.29) is 11.8 Å². The van der Waals surface area contributed by atoms with Gasteiger partial charge in [0.25, 0.3) is 0 Å². The maximum Gasteiger partial charge on any atom is 0.226 e. The summed E-state index contributed by atoms with van der Waals surface area (Å²) in [6.45, 7) is 2.43. The molecule has 0 saturated heterocycles. The van der Waals surface area contributed by atoms with E-state index in [4.69, 9.17) is 16.3 Å². The van der Waals surface area contributed by atoms with E-state index in [0.717, 1.165) is 29.2 Å². The molecule has 1 aliphatic rings. The van der Waals surface area contributed by atoms with Crippen molar-refractivity contribution >= 4 is 17.5 Å². The highest BCUT2D eigenvalue weighted by molar-refractivity contribution is 6.30. The topological polar surface area (TPSA) is 34.5 Å². The number of carbonyl (C=O) groups is 1. The van der Waals surface area contributed by atoms with Gasteiger partial charge in [-0.3, -0.25) is 4.79 Å². The van der Waals surface area contributed by atoms with Gasteiger partial charge < -0.3 is 14.2 Å². The number of amides is 1. The molecule has 1 aliphatic carbocycles. The quantitative estimate of drug-likeness (QED) is 0.488. The first-order valence-corrected chi connectivity index (χ1v) is 10.7. The Bertz CT molecular complexity index is 986. The van der Waals surface area contributed by atoms with Crippen LogP contribution in [0.15, 0.2) is 72.9 Å². The van der Waals surface area contributed by atoms with E-state index in [1.165, 1.54) is 5.56 Å². The molecule has 5 heteroatoms. The highest BCUT2D eigenvalue weighted by Gasteiger charge is 2.45. The molecule has 2 unspecified atom stereocenters. The lowest BCUT2D eigenvalue weighted by molar-refractivity contribution is -0.134. The predicted molar refractivity (Wildman–Crippen MR) is 120 cm³/mol. The van der Waals surface area contributed by atoms with E-state index >= 15 is 0 Å². The zero-order chi connectivity index (χ0) is 20.9. The van der Waals surface area contributed by atoms with Crippen LogP contribution in [0.4, 0.5) is 0 Å². The number of ether oxygens (including phenoxy) is 1. The van der Waals surface area contributed by atoms with Crippen molar-refractivity contribution in [3.8, 4) is 0 Å². The highest BCUT2D eigenvalue weighted by atomic mass is 35.5. The second-order valence-electron chi connectivity index (χ2n) is 7.87. The zero-order valence-electron chi connectivity index (χ0n) is 17.2. The summed E-state index contributed by atoms with van der Waals surface area (Å²) in [5.74, 6) is 0.624. The van der Waals surface area contributed by atoms with Crippen LogP contribution in [0.5, 0.6) is 0 Å². The van der Waals surface area contributed by atoms with Crippen molar-refractivity contribution in [2.45, 2.75) is 25.4 Å². The third-order valence-electron chi connectivity index (χ3n) is 5.73. The van der Waals surface area contributed by atoms with E-state index < -0.39 is 0 Å². The number of rotatable bonds is 9. The van der Waals surface area contributed by atoms with Crippen molar-refractivity contribution in [2.75, 3.05) is 20.3 Å². The molecule has 3 aromatic rings. The van der Waals surface area contributed by atoms with E-state index in [1.807, 2.05) is 47.4 Å². The van der Waals surface area contributed by atoms with Gasteiger partial charge in [-0.15, -0.1) is 0 Å². The lowest BCUT2D eigenvalue weighted by Gasteiger charge is -2.24. The van der Waals surface area contributed by atoms with Crippen LogP contribution in [0.2, 0.25) is 5.02 Å². The first-order chi connectivity index (χ1) is 14.7. The SMILES string of the molecule is COCCN(Cc1cccn1Cc1cccc(Cl)c1)C(=O)C1CC1c1ccccc1. The predicted octanol–water partition coefficient (Wildman–Crippen LogP) is 4.97. The highest BCUT2D eigenvalue weighted by Crippen LogP contribution is 2.48. The Morgan fingerprint density at radius 2 is 1.97 bits per heavy atom. The lowest BCUT2D eigenvalue weighted by atomic mass is 10.1. The lowest BCUT2D eigenvalue weighted by Crippen LogP contribution is -2.35. The maximum atomic E-state index is 13.3. The fourth-order valence-electron chi connectivity index (χ4n) is 4.01. The first-order valence-electron chi connectivity index (χ1n) is 10.4. The van der Waals surface area contributed by atoms with Crippen molar-refractivity contribution in [2.24, 2.45) is 5.92 Å². The molecule has 0 bridgehead atoms. The van der Waals surface area contributed by atoms with Gasteiger partial charge in [0.05, 0.1) is 13.2 Å². The summed E-state index contributed by atoms with van der Waals surface area (Å²) in [5, 5.41) is 0.735. The van der Waals surface area contributed by atoms with Crippen molar-refractivity contribution in [3.05, 3.63) is 94.8 Å². The summed E-state index contributed by atoms with van der Waals surface area (Å²) in [4.78, 5) is 15.2. The Labute approximate surface area is 183 Å². The second kappa shape index (κ2) is 9.50. The summed E-state index contributed by atoms with van der Waals surface area (Å²) in [6.07, 6.45) is 2.98. The molecule has 30 heavy (non-hydrogen) atoms. The van der Waals surface area contributed by atoms with Gasteiger partial charge in [0.1, 0.15) is 0 Å². The monoisotopic (exact) mass is 422 g/mol. The van der Waals surface area contributed by atoms with Gasteiger partial charge >= 0.3 is 0 Å². The first kappa shape index (κ1) is 20.7. The van der Waals surface area contributed by atoms with Crippen LogP contribution >= 0.6 is 11.6 Å². The average molecular weight is 423 g/mol. The minimum Gasteiger partial charge on any atom is -0.383 e. The van der Waals surface area contributed by atoms with Crippen LogP contribution in [0.3, 0.4) is 0 Å². The molecule has 4 nitrogen and oxygen atoms in total. The van der Waals surface area contributed by atoms with Crippen molar-refractivity contribution in [3.63, 3.8) is 0 Å². The van der Waals surface area contributed by atoms with Crippen LogP contribution in [0.25, 0.3) is 0 Å². The van der Waals surface area contributed by atoms with Gasteiger partial charge in [-0.2, -0.15) is 0 Å². The van der Waals surface area contributed by atoms with Crippen molar-refractivity contribution in [1.29, 1.82) is 0 Å². The number of benzene rings is 2. The Morgan fingerprint density at radius 3 is 2.73 bits per heavy atom. The van der Waals surface area contributed by atoms with Gasteiger partial charge in [-0.1, -0.05) is 54.1 Å². The van der Waals surface area contributed by atoms with Gasteiger partial charge in [0.2, 0.25) is 5.91 Å². The molecular formula is C25H27ClN2O2. The molecule has 1 aromatic heterocycles. The van der Waals surface area contributed by atoms with Crippen LogP contribution in [-0.4, -0.2) is 35.6 Å². The number of aromatic nitrogens is 1. The van der Waals surface area contributed by atoms with Crippen molar-refractivity contribution < 1.29 is 9.53 Å². The van der Waals surface area contributed by atoms with E-state index in [0.29, 0.717) is 25.6 Å². The summed E-state index contributed by atoms with van der Waals surface area (Å²) >= 11 is 6.14. The molecule has 2 atom stereocenters. The zero-order valence-corrected chi connectivity index (χ0v) is 18.0. The fraction of sp³-hybridized carbons (Fsp3) is 0.320. The molecule has 1 amide bonds. The summed E-state index contributed by atoms with van der Waals surface area (Å²) < 4.78 is 7.46. The van der Waals surface area contributed by atoms with E-state index in [1.54, 1.807) is 7.11 Å². The molecule has 0 aliphatic heterocycles. The van der Waals surface area contributed by atoms with Gasteiger partial charge in [0, 0.05) is 43.0 Å². The van der Waals surface area contributed by atoms with Crippen LogP contribution in [0.1, 0.15) is 29.2 Å². The number of hydrogen-bond acceptors (Lipinski definition) is 2. The largest absolute Gasteiger partial charge is 0.383 e. The van der Waals surface area contributed by atoms with Gasteiger partial charge in [-0.05, 0) is 47.7 Å². The maximum absolute atomic E-state index is 13.3. The standard InChI is InChI=1S/C25H27ClN2O2/c1-30-14-13-28(25(29)24-16-23(24)20-8-3-2-4-9-20)18-22-11-6-12-27(22)17-19-7-5-10-21(26)15-19/h2-12,15,23-24H,13-14,16-18H2,1H3. The van der Waals surface area contributed by atoms with Gasteiger partial charge in [-0.25, -0.2) is 0 Å². The average Bonchev–Trinajstić information content (AvgIpc) is 3.45. The molecule has 4 rings (SSSR count). The van der Waals surface area contributed by atoms with Crippen LogP contribution in [-0.2, 0) is 22.6 Å². The normalized spacial score (nSPS) is 17.7. The minimum absolute atomic E-state index is 0.0700.